The highest BCUT2D eigenvalue weighted by molar-refractivity contribution is 7.92. The molecule has 0 heterocycles. The number of anilines is 2. The van der Waals surface area contributed by atoms with E-state index in [9.17, 15) is 18.3 Å². The highest BCUT2D eigenvalue weighted by atomic mass is 32.2. The number of methoxy groups -OCH3 is 1. The zero-order valence-corrected chi connectivity index (χ0v) is 13.3. The number of rotatable bonds is 5. The highest BCUT2D eigenvalue weighted by Crippen LogP contribution is 2.24. The molecule has 0 aliphatic heterocycles. The van der Waals surface area contributed by atoms with Crippen molar-refractivity contribution in [1.82, 2.24) is 0 Å². The second-order valence-corrected chi connectivity index (χ2v) is 6.54. The fourth-order valence-corrected chi connectivity index (χ4v) is 2.43. The lowest BCUT2D eigenvalue weighted by atomic mass is 10.1. The molecule has 122 valence electrons. The number of aromatic hydroxyl groups is 1. The third kappa shape index (κ3) is 4.62. The van der Waals surface area contributed by atoms with Crippen molar-refractivity contribution in [3.8, 4) is 11.5 Å². The summed E-state index contributed by atoms with van der Waals surface area (Å²) in [6, 6.07) is 10.5. The summed E-state index contributed by atoms with van der Waals surface area (Å²) in [6.07, 6.45) is 1.05. The second-order valence-electron chi connectivity index (χ2n) is 4.79. The monoisotopic (exact) mass is 336 g/mol. The van der Waals surface area contributed by atoms with Crippen LogP contribution in [0.5, 0.6) is 11.5 Å². The Morgan fingerprint density at radius 1 is 1.09 bits per heavy atom. The minimum atomic E-state index is -3.35. The molecule has 2 rings (SSSR count). The first-order valence-corrected chi connectivity index (χ1v) is 8.44. The lowest BCUT2D eigenvalue weighted by molar-refractivity contribution is 0.102. The molecule has 0 saturated heterocycles. The number of ether oxygens (including phenoxy) is 1. The first kappa shape index (κ1) is 16.6. The van der Waals surface area contributed by atoms with Crippen molar-refractivity contribution in [2.24, 2.45) is 0 Å². The van der Waals surface area contributed by atoms with Gasteiger partial charge in [0.1, 0.15) is 11.5 Å². The Morgan fingerprint density at radius 2 is 1.70 bits per heavy atom. The Hall–Kier alpha value is -2.74. The maximum atomic E-state index is 12.1. The fourth-order valence-electron chi connectivity index (χ4n) is 1.86. The molecule has 0 unspecified atom stereocenters. The van der Waals surface area contributed by atoms with Gasteiger partial charge < -0.3 is 15.2 Å². The molecule has 0 atom stereocenters. The first-order valence-electron chi connectivity index (χ1n) is 6.55. The van der Waals surface area contributed by atoms with E-state index in [1.54, 1.807) is 18.2 Å². The molecule has 0 aliphatic carbocycles. The summed E-state index contributed by atoms with van der Waals surface area (Å²) in [7, 11) is -1.89. The van der Waals surface area contributed by atoms with Gasteiger partial charge in [-0.05, 0) is 36.4 Å². The quantitative estimate of drug-likeness (QED) is 0.775. The van der Waals surface area contributed by atoms with Crippen molar-refractivity contribution in [2.75, 3.05) is 23.4 Å². The van der Waals surface area contributed by atoms with Gasteiger partial charge in [0.25, 0.3) is 5.91 Å². The molecule has 0 spiro atoms. The van der Waals surface area contributed by atoms with Gasteiger partial charge in [-0.3, -0.25) is 9.52 Å². The van der Waals surface area contributed by atoms with Crippen molar-refractivity contribution in [3.05, 3.63) is 48.0 Å². The topological polar surface area (TPSA) is 105 Å². The third-order valence-corrected chi connectivity index (χ3v) is 3.50. The van der Waals surface area contributed by atoms with Gasteiger partial charge in [0, 0.05) is 17.4 Å². The summed E-state index contributed by atoms with van der Waals surface area (Å²) in [6.45, 7) is 0. The number of carbonyl (C=O) groups excluding carboxylic acids is 1. The van der Waals surface area contributed by atoms with Crippen molar-refractivity contribution < 1.29 is 23.1 Å². The van der Waals surface area contributed by atoms with E-state index in [0.29, 0.717) is 17.1 Å². The van der Waals surface area contributed by atoms with Crippen LogP contribution >= 0.6 is 0 Å². The van der Waals surface area contributed by atoms with E-state index >= 15 is 0 Å². The van der Waals surface area contributed by atoms with Gasteiger partial charge in [-0.2, -0.15) is 0 Å². The number of carbonyl (C=O) groups is 1. The van der Waals surface area contributed by atoms with Gasteiger partial charge in [0.2, 0.25) is 10.0 Å². The molecule has 7 nitrogen and oxygen atoms in total. The normalized spacial score (nSPS) is 10.9. The molecule has 0 fully saturated rings. The molecule has 23 heavy (non-hydrogen) atoms. The van der Waals surface area contributed by atoms with Crippen LogP contribution in [0.4, 0.5) is 11.4 Å². The van der Waals surface area contributed by atoms with Crippen molar-refractivity contribution in [1.29, 1.82) is 0 Å². The third-order valence-electron chi connectivity index (χ3n) is 2.90. The predicted molar refractivity (Wildman–Crippen MR) is 87.5 cm³/mol. The van der Waals surface area contributed by atoms with Crippen LogP contribution in [0.2, 0.25) is 0 Å². The van der Waals surface area contributed by atoms with Crippen LogP contribution in [0.1, 0.15) is 10.4 Å². The number of hydrogen-bond acceptors (Lipinski definition) is 5. The average molecular weight is 336 g/mol. The smallest absolute Gasteiger partial charge is 0.259 e. The number of amides is 1. The van der Waals surface area contributed by atoms with Crippen LogP contribution in [0.25, 0.3) is 0 Å². The fraction of sp³-hybridized carbons (Fsp3) is 0.133. The van der Waals surface area contributed by atoms with Crippen LogP contribution in [-0.4, -0.2) is 32.8 Å². The zero-order chi connectivity index (χ0) is 17.0. The minimum Gasteiger partial charge on any atom is -0.507 e. The summed E-state index contributed by atoms with van der Waals surface area (Å²) in [5, 5.41) is 12.4. The zero-order valence-electron chi connectivity index (χ0n) is 12.5. The van der Waals surface area contributed by atoms with E-state index in [4.69, 9.17) is 4.74 Å². The number of nitrogens with one attached hydrogen (secondary N) is 2. The molecule has 0 bridgehead atoms. The summed E-state index contributed by atoms with van der Waals surface area (Å²) in [4.78, 5) is 12.1. The molecule has 0 aliphatic rings. The van der Waals surface area contributed by atoms with Crippen LogP contribution in [-0.2, 0) is 10.0 Å². The van der Waals surface area contributed by atoms with Gasteiger partial charge in [-0.1, -0.05) is 0 Å². The summed E-state index contributed by atoms with van der Waals surface area (Å²) >= 11 is 0. The second kappa shape index (κ2) is 6.57. The number of benzene rings is 2. The average Bonchev–Trinajstić information content (AvgIpc) is 2.47. The maximum Gasteiger partial charge on any atom is 0.259 e. The Labute approximate surface area is 134 Å². The minimum absolute atomic E-state index is 0.101. The molecule has 3 N–H and O–H groups in total. The maximum absolute atomic E-state index is 12.1. The van der Waals surface area contributed by atoms with Crippen LogP contribution in [0.15, 0.2) is 42.5 Å². The molecular weight excluding hydrogens is 320 g/mol. The van der Waals surface area contributed by atoms with Crippen molar-refractivity contribution >= 4 is 27.3 Å². The number of phenols is 1. The molecule has 1 amide bonds. The SMILES string of the molecule is COc1ccc(C(=O)Nc2ccc(NS(C)(=O)=O)cc2)c(O)c1. The van der Waals surface area contributed by atoms with Gasteiger partial charge in [-0.25, -0.2) is 8.42 Å². The lowest BCUT2D eigenvalue weighted by Crippen LogP contribution is -2.12. The molecule has 0 saturated carbocycles. The van der Waals surface area contributed by atoms with E-state index in [1.807, 2.05) is 0 Å². The molecular formula is C15H16N2O5S. The van der Waals surface area contributed by atoms with E-state index < -0.39 is 15.9 Å². The summed E-state index contributed by atoms with van der Waals surface area (Å²) in [5.41, 5.74) is 0.950. The van der Waals surface area contributed by atoms with E-state index in [0.717, 1.165) is 6.26 Å². The number of phenolic OH excluding ortho intramolecular Hbond substituents is 1. The van der Waals surface area contributed by atoms with Gasteiger partial charge in [-0.15, -0.1) is 0 Å². The van der Waals surface area contributed by atoms with Crippen LogP contribution in [0.3, 0.4) is 0 Å². The Balaban J connectivity index is 2.11. The summed E-state index contributed by atoms with van der Waals surface area (Å²) in [5.74, 6) is -0.249. The molecule has 0 radical (unpaired) electrons. The van der Waals surface area contributed by atoms with Gasteiger partial charge in [0.15, 0.2) is 0 Å². The van der Waals surface area contributed by atoms with Crippen molar-refractivity contribution in [3.63, 3.8) is 0 Å². The predicted octanol–water partition coefficient (Wildman–Crippen LogP) is 2.02. The van der Waals surface area contributed by atoms with Crippen LogP contribution < -0.4 is 14.8 Å². The molecule has 2 aromatic carbocycles. The molecule has 8 heteroatoms. The van der Waals surface area contributed by atoms with E-state index in [2.05, 4.69) is 10.0 Å². The van der Waals surface area contributed by atoms with Crippen LogP contribution in [0, 0.1) is 0 Å². The van der Waals surface area contributed by atoms with Crippen molar-refractivity contribution in [2.45, 2.75) is 0 Å². The van der Waals surface area contributed by atoms with E-state index in [1.165, 1.54) is 31.4 Å². The standard InChI is InChI=1S/C15H16N2O5S/c1-22-12-7-8-13(14(18)9-12)15(19)16-10-3-5-11(6-4-10)17-23(2,20)21/h3-9,17-18H,1-2H3,(H,16,19). The van der Waals surface area contributed by atoms with Gasteiger partial charge >= 0.3 is 0 Å². The lowest BCUT2D eigenvalue weighted by Gasteiger charge is -2.09. The first-order chi connectivity index (χ1) is 10.8. The summed E-state index contributed by atoms with van der Waals surface area (Å²) < 4.78 is 29.5. The highest BCUT2D eigenvalue weighted by Gasteiger charge is 2.12. The van der Waals surface area contributed by atoms with E-state index in [-0.39, 0.29) is 11.3 Å². The molecule has 2 aromatic rings. The molecule has 0 aromatic heterocycles. The Kier molecular flexibility index (Phi) is 4.75. The number of sulfonamides is 1. The largest absolute Gasteiger partial charge is 0.507 e. The Morgan fingerprint density at radius 3 is 2.22 bits per heavy atom. The number of hydrogen-bond donors (Lipinski definition) is 3. The Bertz CT molecular complexity index is 816. The van der Waals surface area contributed by atoms with Gasteiger partial charge in [0.05, 0.1) is 18.9 Å².